The van der Waals surface area contributed by atoms with Gasteiger partial charge in [-0.05, 0) is 18.2 Å². The van der Waals surface area contributed by atoms with Crippen molar-refractivity contribution in [2.45, 2.75) is 0 Å². The lowest BCUT2D eigenvalue weighted by Crippen LogP contribution is -2.36. The SMILES string of the molecule is CN=C(N)NC(=O)c1cc2c(F)cccc2[nH]1. The van der Waals surface area contributed by atoms with Crippen LogP contribution in [0.25, 0.3) is 10.9 Å². The number of aromatic amines is 1. The molecule has 0 unspecified atom stereocenters. The zero-order valence-electron chi connectivity index (χ0n) is 9.12. The average Bonchev–Trinajstić information content (AvgIpc) is 2.74. The summed E-state index contributed by atoms with van der Waals surface area (Å²) < 4.78 is 13.4. The highest BCUT2D eigenvalue weighted by Crippen LogP contribution is 2.18. The zero-order valence-corrected chi connectivity index (χ0v) is 9.12. The Morgan fingerprint density at radius 2 is 2.29 bits per heavy atom. The first-order chi connectivity index (χ1) is 8.11. The third-order valence-corrected chi connectivity index (χ3v) is 2.34. The molecule has 0 aliphatic rings. The van der Waals surface area contributed by atoms with E-state index < -0.39 is 5.91 Å². The van der Waals surface area contributed by atoms with Gasteiger partial charge in [-0.2, -0.15) is 0 Å². The van der Waals surface area contributed by atoms with Crippen molar-refractivity contribution >= 4 is 22.8 Å². The van der Waals surface area contributed by atoms with Crippen LogP contribution < -0.4 is 11.1 Å². The first-order valence-corrected chi connectivity index (χ1v) is 4.92. The van der Waals surface area contributed by atoms with E-state index in [9.17, 15) is 9.18 Å². The molecule has 1 aromatic heterocycles. The fourth-order valence-corrected chi connectivity index (χ4v) is 1.48. The largest absolute Gasteiger partial charge is 0.370 e. The number of H-pyrrole nitrogens is 1. The summed E-state index contributed by atoms with van der Waals surface area (Å²) in [6.45, 7) is 0. The van der Waals surface area contributed by atoms with Gasteiger partial charge in [0.1, 0.15) is 11.5 Å². The van der Waals surface area contributed by atoms with E-state index in [1.807, 2.05) is 0 Å². The van der Waals surface area contributed by atoms with Gasteiger partial charge in [-0.25, -0.2) is 4.39 Å². The molecule has 88 valence electrons. The number of nitrogens with one attached hydrogen (secondary N) is 2. The van der Waals surface area contributed by atoms with Gasteiger partial charge >= 0.3 is 0 Å². The summed E-state index contributed by atoms with van der Waals surface area (Å²) in [6, 6.07) is 6.02. The Morgan fingerprint density at radius 3 is 2.94 bits per heavy atom. The molecule has 1 amide bonds. The van der Waals surface area contributed by atoms with Crippen molar-refractivity contribution < 1.29 is 9.18 Å². The Balaban J connectivity index is 2.37. The number of nitrogens with zero attached hydrogens (tertiary/aromatic N) is 1. The lowest BCUT2D eigenvalue weighted by Gasteiger charge is -2.00. The number of hydrogen-bond donors (Lipinski definition) is 3. The molecule has 0 spiro atoms. The average molecular weight is 234 g/mol. The third kappa shape index (κ3) is 2.10. The van der Waals surface area contributed by atoms with Gasteiger partial charge in [0.15, 0.2) is 5.96 Å². The van der Waals surface area contributed by atoms with Crippen molar-refractivity contribution in [1.29, 1.82) is 0 Å². The van der Waals surface area contributed by atoms with Crippen LogP contribution in [-0.4, -0.2) is 23.9 Å². The minimum absolute atomic E-state index is 0.00845. The zero-order chi connectivity index (χ0) is 12.4. The first-order valence-electron chi connectivity index (χ1n) is 4.92. The van der Waals surface area contributed by atoms with Crippen molar-refractivity contribution in [2.75, 3.05) is 7.05 Å². The van der Waals surface area contributed by atoms with Crippen LogP contribution in [-0.2, 0) is 0 Å². The van der Waals surface area contributed by atoms with Gasteiger partial charge in [0.2, 0.25) is 0 Å². The van der Waals surface area contributed by atoms with E-state index >= 15 is 0 Å². The number of aliphatic imine (C=N–C) groups is 1. The fraction of sp³-hybridized carbons (Fsp3) is 0.0909. The monoisotopic (exact) mass is 234 g/mol. The third-order valence-electron chi connectivity index (χ3n) is 2.34. The molecule has 0 atom stereocenters. The summed E-state index contributed by atoms with van der Waals surface area (Å²) >= 11 is 0. The summed E-state index contributed by atoms with van der Waals surface area (Å²) in [5.74, 6) is -0.826. The van der Waals surface area contributed by atoms with E-state index in [0.717, 1.165) is 0 Å². The molecular weight excluding hydrogens is 223 g/mol. The van der Waals surface area contributed by atoms with E-state index in [1.54, 1.807) is 12.1 Å². The Hall–Kier alpha value is -2.37. The van der Waals surface area contributed by atoms with Crippen molar-refractivity contribution in [3.63, 3.8) is 0 Å². The summed E-state index contributed by atoms with van der Waals surface area (Å²) in [6.07, 6.45) is 0. The second-order valence-corrected chi connectivity index (χ2v) is 3.45. The molecule has 6 heteroatoms. The van der Waals surface area contributed by atoms with Gasteiger partial charge in [-0.15, -0.1) is 0 Å². The molecule has 5 nitrogen and oxygen atoms in total. The van der Waals surface area contributed by atoms with Crippen LogP contribution in [0, 0.1) is 5.82 Å². The number of carbonyl (C=O) groups is 1. The number of guanidine groups is 1. The van der Waals surface area contributed by atoms with Crippen LogP contribution in [0.4, 0.5) is 4.39 Å². The molecule has 0 bridgehead atoms. The molecule has 0 radical (unpaired) electrons. The number of fused-ring (bicyclic) bond motifs is 1. The van der Waals surface area contributed by atoms with Crippen molar-refractivity contribution in [3.8, 4) is 0 Å². The molecule has 2 rings (SSSR count). The smallest absolute Gasteiger partial charge is 0.274 e. The Bertz CT molecular complexity index is 603. The predicted molar refractivity (Wildman–Crippen MR) is 63.3 cm³/mol. The van der Waals surface area contributed by atoms with Crippen molar-refractivity contribution in [3.05, 3.63) is 35.8 Å². The number of hydrogen-bond acceptors (Lipinski definition) is 2. The highest BCUT2D eigenvalue weighted by molar-refractivity contribution is 6.06. The van der Waals surface area contributed by atoms with E-state index in [-0.39, 0.29) is 17.5 Å². The van der Waals surface area contributed by atoms with E-state index in [4.69, 9.17) is 5.73 Å². The van der Waals surface area contributed by atoms with Crippen LogP contribution in [0.15, 0.2) is 29.3 Å². The summed E-state index contributed by atoms with van der Waals surface area (Å²) in [5, 5.41) is 2.73. The molecule has 2 aromatic rings. The summed E-state index contributed by atoms with van der Waals surface area (Å²) in [5.41, 5.74) is 6.16. The van der Waals surface area contributed by atoms with Crippen LogP contribution >= 0.6 is 0 Å². The molecule has 1 heterocycles. The number of aromatic nitrogens is 1. The van der Waals surface area contributed by atoms with Crippen LogP contribution in [0.2, 0.25) is 0 Å². The van der Waals surface area contributed by atoms with Crippen LogP contribution in [0.5, 0.6) is 0 Å². The number of halogens is 1. The van der Waals surface area contributed by atoms with E-state index in [1.165, 1.54) is 19.2 Å². The number of carbonyl (C=O) groups excluding carboxylic acids is 1. The second kappa shape index (κ2) is 4.25. The number of benzene rings is 1. The normalized spacial score (nSPS) is 11.8. The maximum Gasteiger partial charge on any atom is 0.274 e. The van der Waals surface area contributed by atoms with Crippen molar-refractivity contribution in [1.82, 2.24) is 10.3 Å². The van der Waals surface area contributed by atoms with Crippen molar-refractivity contribution in [2.24, 2.45) is 10.7 Å². The lowest BCUT2D eigenvalue weighted by molar-refractivity contribution is 0.0972. The highest BCUT2D eigenvalue weighted by atomic mass is 19.1. The van der Waals surface area contributed by atoms with Gasteiger partial charge in [0.05, 0.1) is 0 Å². The molecular formula is C11H11FN4O. The summed E-state index contributed by atoms with van der Waals surface area (Å²) in [4.78, 5) is 18.1. The first kappa shape index (κ1) is 11.1. The second-order valence-electron chi connectivity index (χ2n) is 3.45. The number of nitrogens with two attached hydrogens (primary N) is 1. The standard InChI is InChI=1S/C11H11FN4O/c1-14-11(13)16-10(17)9-5-6-7(12)3-2-4-8(6)15-9/h2-5,15H,1H3,(H3,13,14,16,17). The topological polar surface area (TPSA) is 83.3 Å². The quantitative estimate of drug-likeness (QED) is 0.507. The molecule has 0 aliphatic carbocycles. The molecule has 1 aromatic carbocycles. The van der Waals surface area contributed by atoms with Gasteiger partial charge < -0.3 is 10.7 Å². The molecule has 0 saturated carbocycles. The molecule has 0 aliphatic heterocycles. The van der Waals surface area contributed by atoms with Crippen LogP contribution in [0.3, 0.4) is 0 Å². The van der Waals surface area contributed by atoms with Gasteiger partial charge in [0, 0.05) is 18.0 Å². The minimum Gasteiger partial charge on any atom is -0.370 e. The highest BCUT2D eigenvalue weighted by Gasteiger charge is 2.11. The van der Waals surface area contributed by atoms with Crippen LogP contribution in [0.1, 0.15) is 10.5 Å². The Kier molecular flexibility index (Phi) is 2.78. The number of amides is 1. The minimum atomic E-state index is -0.455. The Labute approximate surface area is 96.5 Å². The maximum atomic E-state index is 13.4. The summed E-state index contributed by atoms with van der Waals surface area (Å²) in [7, 11) is 1.46. The van der Waals surface area contributed by atoms with E-state index in [2.05, 4.69) is 15.3 Å². The molecule has 4 N–H and O–H groups in total. The lowest BCUT2D eigenvalue weighted by atomic mass is 10.2. The van der Waals surface area contributed by atoms with Gasteiger partial charge in [0.25, 0.3) is 5.91 Å². The maximum absolute atomic E-state index is 13.4. The number of rotatable bonds is 1. The van der Waals surface area contributed by atoms with Gasteiger partial charge in [-0.3, -0.25) is 15.1 Å². The predicted octanol–water partition coefficient (Wildman–Crippen LogP) is 0.981. The molecule has 0 fully saturated rings. The molecule has 17 heavy (non-hydrogen) atoms. The molecule has 0 saturated heterocycles. The Morgan fingerprint density at radius 1 is 1.53 bits per heavy atom. The van der Waals surface area contributed by atoms with Gasteiger partial charge in [-0.1, -0.05) is 6.07 Å². The van der Waals surface area contributed by atoms with E-state index in [0.29, 0.717) is 10.9 Å². The fourth-order valence-electron chi connectivity index (χ4n) is 1.48.